The summed E-state index contributed by atoms with van der Waals surface area (Å²) < 4.78 is 0. The Bertz CT molecular complexity index is 552. The second-order valence-electron chi connectivity index (χ2n) is 4.42. The number of aliphatic hydroxyl groups excluding tert-OH is 1. The topological polar surface area (TPSA) is 75.3 Å². The third-order valence-electron chi connectivity index (χ3n) is 2.69. The highest BCUT2D eigenvalue weighted by Crippen LogP contribution is 2.31. The van der Waals surface area contributed by atoms with E-state index in [9.17, 15) is 5.11 Å². The Kier molecular flexibility index (Phi) is 3.68. The number of hydrogen-bond acceptors (Lipinski definition) is 6. The van der Waals surface area contributed by atoms with E-state index in [1.807, 2.05) is 11.9 Å². The van der Waals surface area contributed by atoms with Gasteiger partial charge in [-0.25, -0.2) is 4.98 Å². The lowest BCUT2D eigenvalue weighted by atomic mass is 10.3. The molecule has 0 aliphatic heterocycles. The lowest BCUT2D eigenvalue weighted by Crippen LogP contribution is -2.28. The van der Waals surface area contributed by atoms with E-state index < -0.39 is 6.10 Å². The van der Waals surface area contributed by atoms with Crippen molar-refractivity contribution in [2.75, 3.05) is 24.2 Å². The zero-order chi connectivity index (χ0) is 13.3. The van der Waals surface area contributed by atoms with E-state index in [0.717, 1.165) is 22.5 Å². The first-order chi connectivity index (χ1) is 8.51. The van der Waals surface area contributed by atoms with Crippen LogP contribution in [0.2, 0.25) is 0 Å². The minimum atomic E-state index is -0.412. The van der Waals surface area contributed by atoms with Crippen molar-refractivity contribution in [3.8, 4) is 0 Å². The molecule has 1 unspecified atom stereocenters. The van der Waals surface area contributed by atoms with Gasteiger partial charge in [-0.3, -0.25) is 0 Å². The van der Waals surface area contributed by atoms with Crippen LogP contribution in [0.5, 0.6) is 0 Å². The van der Waals surface area contributed by atoms with E-state index in [4.69, 9.17) is 5.73 Å². The molecule has 0 aliphatic carbocycles. The molecule has 0 fully saturated rings. The molecule has 3 N–H and O–H groups in total. The highest BCUT2D eigenvalue weighted by atomic mass is 32.1. The summed E-state index contributed by atoms with van der Waals surface area (Å²) in [5.41, 5.74) is 5.74. The number of aryl methyl sites for hydroxylation is 1. The van der Waals surface area contributed by atoms with E-state index in [2.05, 4.69) is 23.0 Å². The van der Waals surface area contributed by atoms with Gasteiger partial charge < -0.3 is 15.7 Å². The molecule has 98 valence electrons. The van der Waals surface area contributed by atoms with Crippen LogP contribution in [0.25, 0.3) is 10.2 Å². The fourth-order valence-corrected chi connectivity index (χ4v) is 2.89. The van der Waals surface area contributed by atoms with Gasteiger partial charge in [0.05, 0.1) is 11.5 Å². The second kappa shape index (κ2) is 5.07. The Balaban J connectivity index is 2.50. The molecule has 0 aliphatic rings. The molecule has 5 nitrogen and oxygen atoms in total. The number of nitrogens with two attached hydrogens (primary N) is 1. The number of anilines is 2. The first-order valence-electron chi connectivity index (χ1n) is 5.96. The SMILES string of the molecule is CCc1cc2c(N(C)CC(C)O)nc(N)nc2s1. The van der Waals surface area contributed by atoms with Gasteiger partial charge in [-0.1, -0.05) is 6.92 Å². The van der Waals surface area contributed by atoms with Gasteiger partial charge >= 0.3 is 0 Å². The smallest absolute Gasteiger partial charge is 0.223 e. The van der Waals surface area contributed by atoms with Crippen molar-refractivity contribution >= 4 is 33.3 Å². The molecule has 0 aromatic carbocycles. The molecule has 1 atom stereocenters. The minimum absolute atomic E-state index is 0.277. The molecular weight excluding hydrogens is 248 g/mol. The quantitative estimate of drug-likeness (QED) is 0.880. The summed E-state index contributed by atoms with van der Waals surface area (Å²) in [5.74, 6) is 1.06. The molecule has 2 heterocycles. The van der Waals surface area contributed by atoms with Crippen LogP contribution in [-0.2, 0) is 6.42 Å². The second-order valence-corrected chi connectivity index (χ2v) is 5.54. The van der Waals surface area contributed by atoms with Crippen molar-refractivity contribution in [1.82, 2.24) is 9.97 Å². The highest BCUT2D eigenvalue weighted by molar-refractivity contribution is 7.18. The number of nitrogens with zero attached hydrogens (tertiary/aromatic N) is 3. The van der Waals surface area contributed by atoms with Gasteiger partial charge in [-0.05, 0) is 19.4 Å². The lowest BCUT2D eigenvalue weighted by molar-refractivity contribution is 0.201. The molecule has 2 aromatic rings. The van der Waals surface area contributed by atoms with Crippen LogP contribution < -0.4 is 10.6 Å². The normalized spacial score (nSPS) is 12.9. The zero-order valence-corrected chi connectivity index (χ0v) is 11.7. The molecule has 0 amide bonds. The fraction of sp³-hybridized carbons (Fsp3) is 0.500. The number of thiophene rings is 1. The number of aliphatic hydroxyl groups is 1. The maximum absolute atomic E-state index is 9.46. The van der Waals surface area contributed by atoms with Crippen LogP contribution >= 0.6 is 11.3 Å². The summed E-state index contributed by atoms with van der Waals surface area (Å²) in [7, 11) is 1.90. The van der Waals surface area contributed by atoms with Gasteiger partial charge in [0.1, 0.15) is 10.6 Å². The van der Waals surface area contributed by atoms with Gasteiger partial charge in [-0.2, -0.15) is 4.98 Å². The van der Waals surface area contributed by atoms with Crippen LogP contribution in [-0.4, -0.2) is 34.8 Å². The lowest BCUT2D eigenvalue weighted by Gasteiger charge is -2.20. The van der Waals surface area contributed by atoms with Gasteiger partial charge in [0, 0.05) is 18.5 Å². The van der Waals surface area contributed by atoms with E-state index in [1.165, 1.54) is 4.88 Å². The number of likely N-dealkylation sites (N-methyl/N-ethyl adjacent to an activating group) is 1. The average molecular weight is 266 g/mol. The monoisotopic (exact) mass is 266 g/mol. The van der Waals surface area contributed by atoms with E-state index in [-0.39, 0.29) is 5.95 Å². The summed E-state index contributed by atoms with van der Waals surface area (Å²) in [5, 5.41) is 10.5. The number of rotatable bonds is 4. The molecule has 0 saturated carbocycles. The Labute approximate surface area is 110 Å². The summed E-state index contributed by atoms with van der Waals surface area (Å²) in [6.45, 7) is 4.38. The van der Waals surface area contributed by atoms with Crippen molar-refractivity contribution in [1.29, 1.82) is 0 Å². The Morgan fingerprint density at radius 1 is 1.50 bits per heavy atom. The zero-order valence-electron chi connectivity index (χ0n) is 10.8. The molecule has 2 aromatic heterocycles. The first kappa shape index (κ1) is 13.0. The molecule has 2 rings (SSSR count). The first-order valence-corrected chi connectivity index (χ1v) is 6.78. The number of nitrogen functional groups attached to an aromatic ring is 1. The van der Waals surface area contributed by atoms with Crippen molar-refractivity contribution in [3.05, 3.63) is 10.9 Å². The molecule has 0 spiro atoms. The Morgan fingerprint density at radius 2 is 2.22 bits per heavy atom. The standard InChI is InChI=1S/C12H18N4OS/c1-4-8-5-9-10(16(3)6-7(2)17)14-12(13)15-11(9)18-8/h5,7,17H,4,6H2,1-3H3,(H2,13,14,15). The largest absolute Gasteiger partial charge is 0.392 e. The molecule has 0 bridgehead atoms. The van der Waals surface area contributed by atoms with Crippen molar-refractivity contribution < 1.29 is 5.11 Å². The van der Waals surface area contributed by atoms with Gasteiger partial charge in [0.15, 0.2) is 0 Å². The van der Waals surface area contributed by atoms with Crippen LogP contribution in [0.1, 0.15) is 18.7 Å². The maximum Gasteiger partial charge on any atom is 0.223 e. The Morgan fingerprint density at radius 3 is 2.83 bits per heavy atom. The summed E-state index contributed by atoms with van der Waals surface area (Å²) in [4.78, 5) is 12.6. The maximum atomic E-state index is 9.46. The summed E-state index contributed by atoms with van der Waals surface area (Å²) >= 11 is 1.64. The van der Waals surface area contributed by atoms with Crippen LogP contribution in [0.3, 0.4) is 0 Å². The van der Waals surface area contributed by atoms with Gasteiger partial charge in [-0.15, -0.1) is 11.3 Å². The van der Waals surface area contributed by atoms with E-state index in [1.54, 1.807) is 18.3 Å². The van der Waals surface area contributed by atoms with Crippen molar-refractivity contribution in [3.63, 3.8) is 0 Å². The number of aromatic nitrogens is 2. The fourth-order valence-electron chi connectivity index (χ4n) is 1.92. The van der Waals surface area contributed by atoms with E-state index >= 15 is 0 Å². The van der Waals surface area contributed by atoms with Crippen LogP contribution in [0, 0.1) is 0 Å². The van der Waals surface area contributed by atoms with Crippen LogP contribution in [0.4, 0.5) is 11.8 Å². The number of fused-ring (bicyclic) bond motifs is 1. The van der Waals surface area contributed by atoms with Gasteiger partial charge in [0.2, 0.25) is 5.95 Å². The average Bonchev–Trinajstić information content (AvgIpc) is 2.69. The molecule has 0 saturated heterocycles. The predicted octanol–water partition coefficient (Wildman–Crippen LogP) is 1.65. The predicted molar refractivity (Wildman–Crippen MR) is 76.2 cm³/mol. The van der Waals surface area contributed by atoms with Crippen molar-refractivity contribution in [2.45, 2.75) is 26.4 Å². The molecule has 18 heavy (non-hydrogen) atoms. The Hall–Kier alpha value is -1.40. The molecule has 6 heteroatoms. The molecule has 0 radical (unpaired) electrons. The third kappa shape index (κ3) is 2.54. The molecular formula is C12H18N4OS. The summed E-state index contributed by atoms with van der Waals surface area (Å²) in [6, 6.07) is 2.10. The van der Waals surface area contributed by atoms with Crippen molar-refractivity contribution in [2.24, 2.45) is 0 Å². The third-order valence-corrected chi connectivity index (χ3v) is 3.86. The summed E-state index contributed by atoms with van der Waals surface area (Å²) in [6.07, 6.45) is 0.561. The van der Waals surface area contributed by atoms with Crippen LogP contribution in [0.15, 0.2) is 6.07 Å². The number of hydrogen-bond donors (Lipinski definition) is 2. The van der Waals surface area contributed by atoms with E-state index in [0.29, 0.717) is 6.54 Å². The van der Waals surface area contributed by atoms with Gasteiger partial charge in [0.25, 0.3) is 0 Å². The highest BCUT2D eigenvalue weighted by Gasteiger charge is 2.14. The minimum Gasteiger partial charge on any atom is -0.392 e.